The molecule has 0 N–H and O–H groups in total. The third kappa shape index (κ3) is 3.88. The van der Waals surface area contributed by atoms with Crippen LogP contribution in [0, 0.1) is 12.3 Å². The van der Waals surface area contributed by atoms with E-state index in [0.29, 0.717) is 11.5 Å². The number of benzene rings is 4. The van der Waals surface area contributed by atoms with E-state index in [0.717, 1.165) is 39.1 Å². The van der Waals surface area contributed by atoms with E-state index in [1.807, 2.05) is 91.0 Å². The highest BCUT2D eigenvalue weighted by molar-refractivity contribution is 5.86. The molecule has 0 amide bonds. The number of ether oxygens (including phenoxy) is 1. The monoisotopic (exact) mass is 398 g/mol. The largest absolute Gasteiger partial charge is 0.457 e. The zero-order chi connectivity index (χ0) is 21.0. The molecule has 1 aromatic heterocycles. The number of fused-ring (bicyclic) bond motifs is 1. The highest BCUT2D eigenvalue weighted by Crippen LogP contribution is 2.32. The minimum Gasteiger partial charge on any atom is -0.457 e. The maximum Gasteiger partial charge on any atom is 0.129 e. The van der Waals surface area contributed by atoms with Gasteiger partial charge < -0.3 is 4.74 Å². The van der Waals surface area contributed by atoms with Gasteiger partial charge in [-0.3, -0.25) is 0 Å². The molecule has 0 aliphatic rings. The van der Waals surface area contributed by atoms with Crippen LogP contribution in [0.3, 0.4) is 0 Å². The molecule has 0 saturated heterocycles. The van der Waals surface area contributed by atoms with E-state index in [4.69, 9.17) is 21.1 Å². The minimum absolute atomic E-state index is 0.683. The van der Waals surface area contributed by atoms with Crippen molar-refractivity contribution < 1.29 is 4.74 Å². The average molecular weight is 398 g/mol. The normalized spacial score (nSPS) is 10.5. The molecule has 5 aromatic rings. The fourth-order valence-electron chi connectivity index (χ4n) is 3.48. The smallest absolute Gasteiger partial charge is 0.129 e. The van der Waals surface area contributed by atoms with Crippen LogP contribution < -0.4 is 4.74 Å². The Labute approximate surface area is 181 Å². The molecule has 0 aliphatic heterocycles. The van der Waals surface area contributed by atoms with E-state index < -0.39 is 0 Å². The molecule has 0 spiro atoms. The number of hydrogen-bond donors (Lipinski definition) is 0. The molecule has 4 aromatic carbocycles. The van der Waals surface area contributed by atoms with Crippen LogP contribution in [0.2, 0.25) is 0 Å². The fourth-order valence-corrected chi connectivity index (χ4v) is 3.48. The van der Waals surface area contributed by atoms with Crippen LogP contribution in [0.1, 0.15) is 5.56 Å². The molecule has 146 valence electrons. The molecule has 0 aliphatic carbocycles. The zero-order valence-corrected chi connectivity index (χ0v) is 16.7. The Morgan fingerprint density at radius 2 is 1.19 bits per heavy atom. The Morgan fingerprint density at radius 3 is 1.84 bits per heavy atom. The summed E-state index contributed by atoms with van der Waals surface area (Å²) < 4.78 is 6.03. The fraction of sp³-hybridized carbons (Fsp3) is 0. The number of terminal acetylenes is 1. The molecular weight excluding hydrogens is 380 g/mol. The number of hydrogen-bond acceptors (Lipinski definition) is 3. The lowest BCUT2D eigenvalue weighted by Crippen LogP contribution is -1.96. The summed E-state index contributed by atoms with van der Waals surface area (Å²) >= 11 is 0. The van der Waals surface area contributed by atoms with Gasteiger partial charge in [-0.15, -0.1) is 6.42 Å². The average Bonchev–Trinajstić information content (AvgIpc) is 2.84. The maximum absolute atomic E-state index is 6.03. The molecule has 5 rings (SSSR count). The third-order valence-corrected chi connectivity index (χ3v) is 4.97. The van der Waals surface area contributed by atoms with E-state index in [2.05, 4.69) is 18.1 Å². The van der Waals surface area contributed by atoms with Gasteiger partial charge in [0.05, 0.1) is 22.4 Å². The van der Waals surface area contributed by atoms with Crippen LogP contribution in [0.4, 0.5) is 0 Å². The predicted molar refractivity (Wildman–Crippen MR) is 125 cm³/mol. The van der Waals surface area contributed by atoms with Crippen LogP contribution in [0.15, 0.2) is 103 Å². The summed E-state index contributed by atoms with van der Waals surface area (Å²) in [7, 11) is 0. The van der Waals surface area contributed by atoms with E-state index in [1.54, 1.807) is 0 Å². The molecule has 31 heavy (non-hydrogen) atoms. The Balaban J connectivity index is 1.63. The lowest BCUT2D eigenvalue weighted by Gasteiger charge is -2.12. The first-order valence-corrected chi connectivity index (χ1v) is 9.97. The molecule has 0 saturated carbocycles. The summed E-state index contributed by atoms with van der Waals surface area (Å²) in [5.41, 5.74) is 6.09. The molecular formula is C28H18N2O. The molecule has 0 unspecified atom stereocenters. The lowest BCUT2D eigenvalue weighted by atomic mass is 10.0. The molecule has 1 heterocycles. The Kier molecular flexibility index (Phi) is 4.88. The van der Waals surface area contributed by atoms with Crippen LogP contribution >= 0.6 is 0 Å². The molecule has 3 nitrogen and oxygen atoms in total. The van der Waals surface area contributed by atoms with Crippen molar-refractivity contribution in [2.75, 3.05) is 0 Å². The van der Waals surface area contributed by atoms with Crippen LogP contribution in [-0.4, -0.2) is 9.97 Å². The lowest BCUT2D eigenvalue weighted by molar-refractivity contribution is 0.483. The molecule has 0 atom stereocenters. The quantitative estimate of drug-likeness (QED) is 0.315. The number of rotatable bonds is 4. The second-order valence-corrected chi connectivity index (χ2v) is 7.08. The number of aromatic nitrogens is 2. The van der Waals surface area contributed by atoms with Gasteiger partial charge in [-0.2, -0.15) is 0 Å². The van der Waals surface area contributed by atoms with E-state index in [-0.39, 0.29) is 0 Å². The van der Waals surface area contributed by atoms with Gasteiger partial charge >= 0.3 is 0 Å². The first-order valence-electron chi connectivity index (χ1n) is 9.97. The van der Waals surface area contributed by atoms with Crippen molar-refractivity contribution in [3.8, 4) is 46.4 Å². The second-order valence-electron chi connectivity index (χ2n) is 7.08. The van der Waals surface area contributed by atoms with Crippen molar-refractivity contribution in [3.05, 3.63) is 109 Å². The summed E-state index contributed by atoms with van der Waals surface area (Å²) in [6.07, 6.45) is 5.50. The topological polar surface area (TPSA) is 35.0 Å². The van der Waals surface area contributed by atoms with E-state index >= 15 is 0 Å². The van der Waals surface area contributed by atoms with Gasteiger partial charge in [0.2, 0.25) is 0 Å². The Bertz CT molecular complexity index is 1400. The summed E-state index contributed by atoms with van der Waals surface area (Å²) in [4.78, 5) is 9.94. The van der Waals surface area contributed by atoms with Gasteiger partial charge in [0.1, 0.15) is 11.5 Å². The van der Waals surface area contributed by atoms with Crippen LogP contribution in [-0.2, 0) is 0 Å². The van der Waals surface area contributed by atoms with Crippen LogP contribution in [0.25, 0.3) is 33.5 Å². The summed E-state index contributed by atoms with van der Waals surface area (Å²) in [5.74, 6) is 4.00. The molecule has 0 radical (unpaired) electrons. The summed E-state index contributed by atoms with van der Waals surface area (Å²) in [6, 6.07) is 33.5. The molecule has 0 fully saturated rings. The van der Waals surface area contributed by atoms with Gasteiger partial charge in [-0.05, 0) is 30.3 Å². The van der Waals surface area contributed by atoms with Gasteiger partial charge in [-0.25, -0.2) is 9.97 Å². The van der Waals surface area contributed by atoms with E-state index in [1.165, 1.54) is 0 Å². The molecule has 3 heteroatoms. The summed E-state index contributed by atoms with van der Waals surface area (Å²) in [6.45, 7) is 0. The first-order chi connectivity index (χ1) is 15.3. The number of nitrogens with zero attached hydrogens (tertiary/aromatic N) is 2. The highest BCUT2D eigenvalue weighted by atomic mass is 16.5. The molecule has 0 bridgehead atoms. The first kappa shape index (κ1) is 18.6. The maximum atomic E-state index is 6.03. The highest BCUT2D eigenvalue weighted by Gasteiger charge is 2.13. The van der Waals surface area contributed by atoms with Gasteiger partial charge in [-0.1, -0.05) is 72.7 Å². The summed E-state index contributed by atoms with van der Waals surface area (Å²) in [5, 5.41) is 0. The third-order valence-electron chi connectivity index (χ3n) is 4.97. The second kappa shape index (κ2) is 8.14. The van der Waals surface area contributed by atoms with Crippen molar-refractivity contribution in [2.24, 2.45) is 0 Å². The van der Waals surface area contributed by atoms with Crippen molar-refractivity contribution >= 4 is 11.0 Å². The van der Waals surface area contributed by atoms with Crippen molar-refractivity contribution in [1.29, 1.82) is 0 Å². The van der Waals surface area contributed by atoms with Crippen molar-refractivity contribution in [2.45, 2.75) is 0 Å². The van der Waals surface area contributed by atoms with E-state index in [9.17, 15) is 0 Å². The van der Waals surface area contributed by atoms with Crippen molar-refractivity contribution in [3.63, 3.8) is 0 Å². The van der Waals surface area contributed by atoms with Gasteiger partial charge in [0.15, 0.2) is 0 Å². The standard InChI is InChI=1S/C28H18N2O/c1-2-20-10-9-15-23(18-20)31-24-16-17-25-26(19-24)30-28(22-13-7-4-8-14-22)27(29-25)21-11-5-3-6-12-21/h1,3-19H. The van der Waals surface area contributed by atoms with Gasteiger partial charge in [0, 0.05) is 22.8 Å². The zero-order valence-electron chi connectivity index (χ0n) is 16.7. The Morgan fingerprint density at radius 1 is 0.581 bits per heavy atom. The van der Waals surface area contributed by atoms with Crippen molar-refractivity contribution in [1.82, 2.24) is 9.97 Å². The predicted octanol–water partition coefficient (Wildman–Crippen LogP) is 6.74. The Hall–Kier alpha value is -4.42. The van der Waals surface area contributed by atoms with Crippen LogP contribution in [0.5, 0.6) is 11.5 Å². The SMILES string of the molecule is C#Cc1cccc(Oc2ccc3nc(-c4ccccc4)c(-c4ccccc4)nc3c2)c1. The minimum atomic E-state index is 0.683. The van der Waals surface area contributed by atoms with Gasteiger partial charge in [0.25, 0.3) is 0 Å².